The fraction of sp³-hybridized carbons (Fsp3) is 0.909. The number of Topliss-reactive ketones (excluding diaryl/α,β-unsaturated/α-hetero) is 1. The van der Waals surface area contributed by atoms with Crippen LogP contribution in [0.4, 0.5) is 0 Å². The lowest BCUT2D eigenvalue weighted by Crippen LogP contribution is -2.67. The quantitative estimate of drug-likeness (QED) is 0.686. The van der Waals surface area contributed by atoms with Gasteiger partial charge in [-0.3, -0.25) is 9.59 Å². The van der Waals surface area contributed by atoms with E-state index >= 15 is 0 Å². The molecular weight excluding hydrogens is 344 g/mol. The topological polar surface area (TPSA) is 83.8 Å². The lowest BCUT2D eigenvalue weighted by Gasteiger charge is -2.63. The largest absolute Gasteiger partial charge is 0.469 e. The molecule has 0 radical (unpaired) electrons. The van der Waals surface area contributed by atoms with Gasteiger partial charge in [0.2, 0.25) is 0 Å². The van der Waals surface area contributed by atoms with E-state index in [-0.39, 0.29) is 35.4 Å². The van der Waals surface area contributed by atoms with Crippen molar-refractivity contribution in [2.45, 2.75) is 83.8 Å². The Kier molecular flexibility index (Phi) is 4.16. The van der Waals surface area contributed by atoms with Crippen molar-refractivity contribution >= 4 is 11.8 Å². The minimum absolute atomic E-state index is 0.0964. The third kappa shape index (κ3) is 2.19. The van der Waals surface area contributed by atoms with Crippen LogP contribution in [0, 0.1) is 34.0 Å². The predicted molar refractivity (Wildman–Crippen MR) is 99.7 cm³/mol. The van der Waals surface area contributed by atoms with Gasteiger partial charge in [-0.2, -0.15) is 0 Å². The summed E-state index contributed by atoms with van der Waals surface area (Å²) < 4.78 is 5.17. The van der Waals surface area contributed by atoms with E-state index in [0.29, 0.717) is 25.2 Å². The van der Waals surface area contributed by atoms with Crippen LogP contribution in [0.1, 0.15) is 72.1 Å². The number of fused-ring (bicyclic) bond motifs is 5. The molecular formula is C22H34O5. The molecule has 3 unspecified atom stereocenters. The molecule has 0 aliphatic heterocycles. The monoisotopic (exact) mass is 378 g/mol. The number of carbonyl (C=O) groups excluding carboxylic acids is 2. The average molecular weight is 379 g/mol. The van der Waals surface area contributed by atoms with Crippen molar-refractivity contribution in [3.05, 3.63) is 0 Å². The summed E-state index contributed by atoms with van der Waals surface area (Å²) in [6, 6.07) is 0. The van der Waals surface area contributed by atoms with E-state index in [1.165, 1.54) is 7.11 Å². The molecule has 4 aliphatic carbocycles. The van der Waals surface area contributed by atoms with Crippen molar-refractivity contribution in [1.29, 1.82) is 0 Å². The van der Waals surface area contributed by atoms with Gasteiger partial charge >= 0.3 is 5.97 Å². The smallest absolute Gasteiger partial charge is 0.312 e. The molecule has 0 saturated heterocycles. The van der Waals surface area contributed by atoms with E-state index in [0.717, 1.165) is 25.7 Å². The van der Waals surface area contributed by atoms with Gasteiger partial charge in [-0.1, -0.05) is 13.8 Å². The molecule has 0 aromatic carbocycles. The van der Waals surface area contributed by atoms with Gasteiger partial charge in [0, 0.05) is 18.3 Å². The molecule has 27 heavy (non-hydrogen) atoms. The molecule has 0 bridgehead atoms. The van der Waals surface area contributed by atoms with Crippen molar-refractivity contribution in [3.63, 3.8) is 0 Å². The highest BCUT2D eigenvalue weighted by Gasteiger charge is 2.70. The molecule has 152 valence electrons. The molecule has 0 aromatic rings. The highest BCUT2D eigenvalue weighted by Crippen LogP contribution is 2.70. The summed E-state index contributed by atoms with van der Waals surface area (Å²) in [7, 11) is 1.47. The summed E-state index contributed by atoms with van der Waals surface area (Å²) in [5.74, 6) is 0.559. The molecule has 8 atom stereocenters. The highest BCUT2D eigenvalue weighted by molar-refractivity contribution is 5.89. The summed E-state index contributed by atoms with van der Waals surface area (Å²) in [6.45, 7) is 6.33. The zero-order chi connectivity index (χ0) is 19.8. The summed E-state index contributed by atoms with van der Waals surface area (Å²) >= 11 is 0. The van der Waals surface area contributed by atoms with Crippen molar-refractivity contribution in [3.8, 4) is 0 Å². The number of hydrogen-bond donors (Lipinski definition) is 2. The average Bonchev–Trinajstić information content (AvgIpc) is 2.90. The number of esters is 1. The first-order valence-electron chi connectivity index (χ1n) is 10.6. The molecule has 0 amide bonds. The summed E-state index contributed by atoms with van der Waals surface area (Å²) in [5.41, 5.74) is -2.54. The molecule has 5 nitrogen and oxygen atoms in total. The molecule has 4 rings (SSSR count). The number of hydrogen-bond acceptors (Lipinski definition) is 5. The van der Waals surface area contributed by atoms with Crippen molar-refractivity contribution in [2.75, 3.05) is 7.11 Å². The Hall–Kier alpha value is -0.940. The Morgan fingerprint density at radius 2 is 1.63 bits per heavy atom. The number of methoxy groups -OCH3 is 1. The number of aliphatic hydroxyl groups is 2. The van der Waals surface area contributed by atoms with Gasteiger partial charge < -0.3 is 14.9 Å². The second-order valence-corrected chi connectivity index (χ2v) is 10.5. The van der Waals surface area contributed by atoms with Gasteiger partial charge in [-0.05, 0) is 68.6 Å². The maximum atomic E-state index is 13.1. The first kappa shape index (κ1) is 19.4. The molecule has 0 aromatic heterocycles. The van der Waals surface area contributed by atoms with Crippen LogP contribution in [0.5, 0.6) is 0 Å². The first-order chi connectivity index (χ1) is 12.5. The fourth-order valence-electron chi connectivity index (χ4n) is 7.85. The van der Waals surface area contributed by atoms with Gasteiger partial charge in [0.25, 0.3) is 0 Å². The summed E-state index contributed by atoms with van der Waals surface area (Å²) in [4.78, 5) is 25.8. The van der Waals surface area contributed by atoms with Crippen LogP contribution in [0.25, 0.3) is 0 Å². The Bertz CT molecular complexity index is 676. The first-order valence-corrected chi connectivity index (χ1v) is 10.6. The summed E-state index contributed by atoms with van der Waals surface area (Å²) in [6.07, 6.45) is 4.89. The van der Waals surface area contributed by atoms with E-state index < -0.39 is 22.5 Å². The van der Waals surface area contributed by atoms with Gasteiger partial charge in [-0.25, -0.2) is 0 Å². The maximum Gasteiger partial charge on any atom is 0.312 e. The second-order valence-electron chi connectivity index (χ2n) is 10.5. The van der Waals surface area contributed by atoms with E-state index in [1.54, 1.807) is 0 Å². The highest BCUT2D eigenvalue weighted by atomic mass is 16.5. The Labute approximate surface area is 161 Å². The van der Waals surface area contributed by atoms with Crippen molar-refractivity contribution < 1.29 is 24.5 Å². The van der Waals surface area contributed by atoms with Crippen LogP contribution in [-0.4, -0.2) is 40.8 Å². The van der Waals surface area contributed by atoms with Gasteiger partial charge in [0.1, 0.15) is 5.60 Å². The molecule has 2 N–H and O–H groups in total. The standard InChI is InChI=1S/C22H34O5/c1-19-9-6-16-14(15(19)7-10-21(19,3)18(25)27-4)11-17(24)22(26)12-13(23)5-8-20(16,22)2/h13-16,23,26H,5-12H2,1-4H3/t13?,14-,15-,16+,19-,20+,21?,22?/m0/s1. The third-order valence-corrected chi connectivity index (χ3v) is 9.85. The van der Waals surface area contributed by atoms with Crippen molar-refractivity contribution in [2.24, 2.45) is 34.0 Å². The van der Waals surface area contributed by atoms with Crippen LogP contribution >= 0.6 is 0 Å². The zero-order valence-electron chi connectivity index (χ0n) is 17.1. The number of rotatable bonds is 1. The fourth-order valence-corrected chi connectivity index (χ4v) is 7.85. The third-order valence-electron chi connectivity index (χ3n) is 9.85. The predicted octanol–water partition coefficient (Wildman–Crippen LogP) is 2.86. The normalized spacial score (nSPS) is 54.7. The van der Waals surface area contributed by atoms with E-state index in [2.05, 4.69) is 13.8 Å². The van der Waals surface area contributed by atoms with E-state index in [4.69, 9.17) is 4.74 Å². The van der Waals surface area contributed by atoms with Gasteiger partial charge in [-0.15, -0.1) is 0 Å². The minimum Gasteiger partial charge on any atom is -0.469 e. The lowest BCUT2D eigenvalue weighted by atomic mass is 9.42. The summed E-state index contributed by atoms with van der Waals surface area (Å²) in [5, 5.41) is 21.5. The zero-order valence-corrected chi connectivity index (χ0v) is 17.1. The Morgan fingerprint density at radius 3 is 2.30 bits per heavy atom. The second kappa shape index (κ2) is 5.79. The Balaban J connectivity index is 1.72. The molecule has 5 heteroatoms. The number of aliphatic hydroxyl groups excluding tert-OH is 1. The molecule has 4 fully saturated rings. The Morgan fingerprint density at radius 1 is 1.04 bits per heavy atom. The van der Waals surface area contributed by atoms with Crippen molar-refractivity contribution in [1.82, 2.24) is 0 Å². The van der Waals surface area contributed by atoms with E-state index in [1.807, 2.05) is 6.92 Å². The van der Waals surface area contributed by atoms with Crippen LogP contribution in [0.2, 0.25) is 0 Å². The lowest BCUT2D eigenvalue weighted by molar-refractivity contribution is -0.216. The molecule has 0 heterocycles. The molecule has 0 spiro atoms. The van der Waals surface area contributed by atoms with Gasteiger partial charge in [0.05, 0.1) is 18.6 Å². The molecule has 4 saturated carbocycles. The number of ketones is 1. The van der Waals surface area contributed by atoms with Gasteiger partial charge in [0.15, 0.2) is 5.78 Å². The van der Waals surface area contributed by atoms with Crippen LogP contribution in [-0.2, 0) is 14.3 Å². The van der Waals surface area contributed by atoms with E-state index in [9.17, 15) is 19.8 Å². The van der Waals surface area contributed by atoms with Crippen LogP contribution < -0.4 is 0 Å². The maximum absolute atomic E-state index is 13.1. The number of ether oxygens (including phenoxy) is 1. The molecule has 4 aliphatic rings. The SMILES string of the molecule is COC(=O)C1(C)CC[C@H]2[C@@H]3CC(=O)C4(O)CC(O)CC[C@]4(C)[C@@H]3CC[C@@]21C. The minimum atomic E-state index is -1.40. The van der Waals surface area contributed by atoms with Crippen LogP contribution in [0.15, 0.2) is 0 Å². The number of carbonyl (C=O) groups is 2. The van der Waals surface area contributed by atoms with Crippen LogP contribution in [0.3, 0.4) is 0 Å².